The minimum Gasteiger partial charge on any atom is -0.493 e. The van der Waals surface area contributed by atoms with Crippen LogP contribution < -0.4 is 14.8 Å². The summed E-state index contributed by atoms with van der Waals surface area (Å²) in [7, 11) is 3.20. The van der Waals surface area contributed by atoms with E-state index in [1.807, 2.05) is 66.4 Å². The lowest BCUT2D eigenvalue weighted by atomic mass is 9.75. The van der Waals surface area contributed by atoms with Gasteiger partial charge in [0.2, 0.25) is 5.91 Å². The number of methoxy groups -OCH3 is 2. The molecule has 6 nitrogen and oxygen atoms in total. The highest BCUT2D eigenvalue weighted by Crippen LogP contribution is 2.48. The third kappa shape index (κ3) is 3.64. The summed E-state index contributed by atoms with van der Waals surface area (Å²) in [5, 5.41) is 3.12. The summed E-state index contributed by atoms with van der Waals surface area (Å²) in [5.74, 6) is 0.447. The predicted molar refractivity (Wildman–Crippen MR) is 134 cm³/mol. The molecule has 2 aliphatic rings. The molecule has 174 valence electrons. The first-order valence-electron chi connectivity index (χ1n) is 11.1. The van der Waals surface area contributed by atoms with E-state index in [-0.39, 0.29) is 11.8 Å². The van der Waals surface area contributed by atoms with Crippen molar-refractivity contribution in [2.75, 3.05) is 26.1 Å². The molecule has 1 N–H and O–H groups in total. The van der Waals surface area contributed by atoms with Crippen LogP contribution in [0, 0.1) is 6.92 Å². The van der Waals surface area contributed by atoms with Crippen molar-refractivity contribution in [3.63, 3.8) is 0 Å². The van der Waals surface area contributed by atoms with Gasteiger partial charge in [0.05, 0.1) is 26.2 Å². The highest BCUT2D eigenvalue weighted by Gasteiger charge is 2.46. The molecule has 2 heterocycles. The maximum absolute atomic E-state index is 13.9. The van der Waals surface area contributed by atoms with E-state index in [9.17, 15) is 9.59 Å². The molecule has 0 spiro atoms. The first-order valence-corrected chi connectivity index (χ1v) is 11.9. The van der Waals surface area contributed by atoms with Crippen molar-refractivity contribution in [3.8, 4) is 11.5 Å². The number of hydrogen-bond acceptors (Lipinski definition) is 4. The van der Waals surface area contributed by atoms with Crippen LogP contribution in [-0.2, 0) is 11.2 Å². The Morgan fingerprint density at radius 3 is 2.50 bits per heavy atom. The highest BCUT2D eigenvalue weighted by atomic mass is 79.9. The van der Waals surface area contributed by atoms with Gasteiger partial charge in [0.25, 0.3) is 5.91 Å². The molecule has 0 fully saturated rings. The number of rotatable bonds is 4. The molecule has 0 saturated carbocycles. The Hall–Kier alpha value is -3.32. The van der Waals surface area contributed by atoms with Crippen molar-refractivity contribution in [3.05, 3.63) is 86.9 Å². The number of ether oxygens (including phenoxy) is 2. The normalized spacial score (nSPS) is 18.5. The van der Waals surface area contributed by atoms with Crippen LogP contribution in [0.15, 0.2) is 59.1 Å². The number of carbonyl (C=O) groups is 2. The number of anilines is 1. The van der Waals surface area contributed by atoms with Gasteiger partial charge in [-0.2, -0.15) is 0 Å². The Balaban J connectivity index is 1.65. The zero-order valence-corrected chi connectivity index (χ0v) is 20.8. The number of fused-ring (bicyclic) bond motifs is 4. The number of amides is 2. The molecule has 0 saturated heterocycles. The molecule has 3 aromatic rings. The van der Waals surface area contributed by atoms with Gasteiger partial charge < -0.3 is 19.7 Å². The molecule has 2 atom stereocenters. The number of hydrogen-bond donors (Lipinski definition) is 1. The molecule has 0 aliphatic carbocycles. The zero-order valence-electron chi connectivity index (χ0n) is 19.2. The molecule has 0 bridgehead atoms. The summed E-state index contributed by atoms with van der Waals surface area (Å²) >= 11 is 3.48. The van der Waals surface area contributed by atoms with E-state index in [0.29, 0.717) is 30.0 Å². The second kappa shape index (κ2) is 8.80. The zero-order chi connectivity index (χ0) is 24.0. The first kappa shape index (κ1) is 22.5. The molecular formula is C27H25BrN2O4. The van der Waals surface area contributed by atoms with Crippen LogP contribution in [0.3, 0.4) is 0 Å². The Bertz CT molecular complexity index is 1310. The molecule has 2 amide bonds. The predicted octanol–water partition coefficient (Wildman–Crippen LogP) is 5.25. The van der Waals surface area contributed by atoms with Gasteiger partial charge in [-0.15, -0.1) is 0 Å². The Morgan fingerprint density at radius 2 is 1.76 bits per heavy atom. The molecular weight excluding hydrogens is 496 g/mol. The highest BCUT2D eigenvalue weighted by molar-refractivity contribution is 9.10. The monoisotopic (exact) mass is 520 g/mol. The van der Waals surface area contributed by atoms with Crippen LogP contribution in [0.25, 0.3) is 0 Å². The second-order valence-electron chi connectivity index (χ2n) is 8.61. The van der Waals surface area contributed by atoms with E-state index < -0.39 is 12.0 Å². The van der Waals surface area contributed by atoms with E-state index in [2.05, 4.69) is 21.2 Å². The SMILES string of the molecule is COc1cc2c(cc1OC)[C@H]1[C@@H](C(=O)Nc3ccc(Br)cc3C)c3ccccc3C(=O)N1CC2. The fraction of sp³-hybridized carbons (Fsp3) is 0.259. The average Bonchev–Trinajstić information content (AvgIpc) is 2.84. The van der Waals surface area contributed by atoms with Gasteiger partial charge >= 0.3 is 0 Å². The van der Waals surface area contributed by atoms with Crippen LogP contribution in [0.1, 0.15) is 44.6 Å². The number of halogens is 1. The summed E-state index contributed by atoms with van der Waals surface area (Å²) in [6.07, 6.45) is 0.681. The maximum Gasteiger partial charge on any atom is 0.254 e. The number of nitrogens with one attached hydrogen (secondary N) is 1. The van der Waals surface area contributed by atoms with Gasteiger partial charge in [-0.1, -0.05) is 34.1 Å². The van der Waals surface area contributed by atoms with Crippen molar-refractivity contribution in [2.24, 2.45) is 0 Å². The van der Waals surface area contributed by atoms with Gasteiger partial charge in [0, 0.05) is 22.3 Å². The third-order valence-corrected chi connectivity index (χ3v) is 7.25. The standard InChI is InChI=1S/C27H25BrN2O4/c1-15-12-17(28)8-9-21(15)29-26(31)24-18-6-4-5-7-19(18)27(32)30-11-10-16-13-22(33-2)23(34-3)14-20(16)25(24)30/h4-9,12-14,24-25H,10-11H2,1-3H3,(H,29,31)/t24-,25-/m0/s1. The molecule has 34 heavy (non-hydrogen) atoms. The lowest BCUT2D eigenvalue weighted by molar-refractivity contribution is -0.119. The van der Waals surface area contributed by atoms with Crippen molar-refractivity contribution in [1.82, 2.24) is 4.90 Å². The number of carbonyl (C=O) groups excluding carboxylic acids is 2. The fourth-order valence-electron chi connectivity index (χ4n) is 5.11. The topological polar surface area (TPSA) is 67.9 Å². The number of benzene rings is 3. The van der Waals surface area contributed by atoms with Crippen molar-refractivity contribution in [1.29, 1.82) is 0 Å². The minimum absolute atomic E-state index is 0.0510. The maximum atomic E-state index is 13.9. The Kier molecular flexibility index (Phi) is 5.81. The summed E-state index contributed by atoms with van der Waals surface area (Å²) in [5.41, 5.74) is 5.00. The summed E-state index contributed by atoms with van der Waals surface area (Å²) in [6, 6.07) is 16.6. The third-order valence-electron chi connectivity index (χ3n) is 6.75. The van der Waals surface area contributed by atoms with E-state index in [0.717, 1.165) is 32.4 Å². The van der Waals surface area contributed by atoms with Crippen molar-refractivity contribution >= 4 is 33.4 Å². The lowest BCUT2D eigenvalue weighted by Crippen LogP contribution is -2.49. The quantitative estimate of drug-likeness (QED) is 0.510. The van der Waals surface area contributed by atoms with Crippen LogP contribution >= 0.6 is 15.9 Å². The number of nitrogens with zero attached hydrogens (tertiary/aromatic N) is 1. The van der Waals surface area contributed by atoms with E-state index >= 15 is 0 Å². The molecule has 0 radical (unpaired) electrons. The second-order valence-corrected chi connectivity index (χ2v) is 9.53. The van der Waals surface area contributed by atoms with Crippen LogP contribution in [0.2, 0.25) is 0 Å². The van der Waals surface area contributed by atoms with Crippen molar-refractivity contribution < 1.29 is 19.1 Å². The van der Waals surface area contributed by atoms with E-state index in [4.69, 9.17) is 9.47 Å². The molecule has 7 heteroatoms. The lowest BCUT2D eigenvalue weighted by Gasteiger charge is -2.45. The Labute approximate surface area is 207 Å². The molecule has 2 aliphatic heterocycles. The summed E-state index contributed by atoms with van der Waals surface area (Å²) < 4.78 is 12.0. The summed E-state index contributed by atoms with van der Waals surface area (Å²) in [4.78, 5) is 29.2. The van der Waals surface area contributed by atoms with E-state index in [1.165, 1.54) is 0 Å². The molecule has 0 aromatic heterocycles. The average molecular weight is 521 g/mol. The molecule has 5 rings (SSSR count). The van der Waals surface area contributed by atoms with Crippen LogP contribution in [-0.4, -0.2) is 37.5 Å². The van der Waals surface area contributed by atoms with Crippen LogP contribution in [0.5, 0.6) is 11.5 Å². The van der Waals surface area contributed by atoms with Gasteiger partial charge in [-0.25, -0.2) is 0 Å². The van der Waals surface area contributed by atoms with Gasteiger partial charge in [-0.3, -0.25) is 9.59 Å². The van der Waals surface area contributed by atoms with E-state index in [1.54, 1.807) is 14.2 Å². The summed E-state index contributed by atoms with van der Waals surface area (Å²) in [6.45, 7) is 2.49. The smallest absolute Gasteiger partial charge is 0.254 e. The van der Waals surface area contributed by atoms with Crippen LogP contribution in [0.4, 0.5) is 5.69 Å². The number of aryl methyl sites for hydroxylation is 1. The van der Waals surface area contributed by atoms with Crippen molar-refractivity contribution in [2.45, 2.75) is 25.3 Å². The van der Waals surface area contributed by atoms with Gasteiger partial charge in [0.1, 0.15) is 0 Å². The largest absolute Gasteiger partial charge is 0.493 e. The first-order chi connectivity index (χ1) is 16.4. The minimum atomic E-state index is -0.575. The molecule has 0 unspecified atom stereocenters. The van der Waals surface area contributed by atoms with Gasteiger partial charge in [-0.05, 0) is 72.0 Å². The van der Waals surface area contributed by atoms with Gasteiger partial charge in [0.15, 0.2) is 11.5 Å². The Morgan fingerprint density at radius 1 is 1.03 bits per heavy atom. The molecule has 3 aromatic carbocycles. The fourth-order valence-corrected chi connectivity index (χ4v) is 5.59.